The summed E-state index contributed by atoms with van der Waals surface area (Å²) < 4.78 is 6.70. The van der Waals surface area contributed by atoms with Gasteiger partial charge in [-0.3, -0.25) is 4.99 Å². The maximum absolute atomic E-state index is 6.70. The number of hydrogen-bond acceptors (Lipinski definition) is 2. The highest BCUT2D eigenvalue weighted by molar-refractivity contribution is 6.13. The van der Waals surface area contributed by atoms with Crippen molar-refractivity contribution in [2.75, 3.05) is 0 Å². The summed E-state index contributed by atoms with van der Waals surface area (Å²) in [4.78, 5) is 5.72. The largest absolute Gasteiger partial charge is 0.456 e. The van der Waals surface area contributed by atoms with Gasteiger partial charge in [-0.1, -0.05) is 158 Å². The summed E-state index contributed by atoms with van der Waals surface area (Å²) in [6.07, 6.45) is 5.16. The smallest absolute Gasteiger partial charge is 0.136 e. The number of rotatable bonds is 6. The molecule has 1 aromatic heterocycles. The maximum Gasteiger partial charge on any atom is 0.136 e. The van der Waals surface area contributed by atoms with Crippen molar-refractivity contribution >= 4 is 60.5 Å². The van der Waals surface area contributed by atoms with Gasteiger partial charge in [0.05, 0.1) is 5.70 Å². The molecule has 1 atom stereocenters. The van der Waals surface area contributed by atoms with E-state index < -0.39 is 0 Å². The Balaban J connectivity index is 1.15. The molecule has 0 saturated heterocycles. The van der Waals surface area contributed by atoms with Crippen LogP contribution in [0.15, 0.2) is 197 Å². The predicted molar refractivity (Wildman–Crippen MR) is 243 cm³/mol. The molecule has 274 valence electrons. The minimum atomic E-state index is 0.184. The second kappa shape index (κ2) is 14.7. The molecule has 1 aliphatic heterocycles. The van der Waals surface area contributed by atoms with Crippen molar-refractivity contribution in [1.29, 1.82) is 0 Å². The zero-order chi connectivity index (χ0) is 38.3. The minimum Gasteiger partial charge on any atom is -0.456 e. The first-order chi connectivity index (χ1) is 28.1. The predicted octanol–water partition coefficient (Wildman–Crippen LogP) is 15.4. The summed E-state index contributed by atoms with van der Waals surface area (Å²) in [5, 5.41) is 7.12. The molecule has 0 radical (unpaired) electrons. The number of furan rings is 1. The lowest BCUT2D eigenvalue weighted by Crippen LogP contribution is -2.03. The van der Waals surface area contributed by atoms with E-state index >= 15 is 0 Å². The third-order valence-corrected chi connectivity index (χ3v) is 11.8. The van der Waals surface area contributed by atoms with E-state index in [-0.39, 0.29) is 5.92 Å². The Labute approximate surface area is 334 Å². The highest BCUT2D eigenvalue weighted by Crippen LogP contribution is 2.41. The van der Waals surface area contributed by atoms with E-state index in [1.807, 2.05) is 0 Å². The molecule has 0 amide bonds. The van der Waals surface area contributed by atoms with Gasteiger partial charge in [0.2, 0.25) is 0 Å². The molecule has 0 N–H and O–H groups in total. The van der Waals surface area contributed by atoms with Crippen molar-refractivity contribution in [2.24, 2.45) is 10.9 Å². The maximum atomic E-state index is 6.70. The number of fused-ring (bicyclic) bond motifs is 5. The summed E-state index contributed by atoms with van der Waals surface area (Å²) >= 11 is 0. The molecule has 2 heterocycles. The fourth-order valence-corrected chi connectivity index (χ4v) is 8.85. The Bertz CT molecular complexity index is 3050. The lowest BCUT2D eigenvalue weighted by atomic mass is 9.84. The monoisotopic (exact) mass is 733 g/mol. The zero-order valence-corrected chi connectivity index (χ0v) is 32.4. The molecule has 57 heavy (non-hydrogen) atoms. The van der Waals surface area contributed by atoms with Crippen molar-refractivity contribution in [3.63, 3.8) is 0 Å². The molecule has 0 aliphatic carbocycles. The summed E-state index contributed by atoms with van der Waals surface area (Å²) in [5.41, 5.74) is 15.0. The van der Waals surface area contributed by atoms with Crippen LogP contribution in [0.2, 0.25) is 0 Å². The lowest BCUT2D eigenvalue weighted by molar-refractivity contribution is 0.669. The van der Waals surface area contributed by atoms with Crippen LogP contribution in [0.5, 0.6) is 0 Å². The van der Waals surface area contributed by atoms with E-state index in [9.17, 15) is 0 Å². The Hall–Kier alpha value is -6.77. The second-order valence-corrected chi connectivity index (χ2v) is 15.4. The second-order valence-electron chi connectivity index (χ2n) is 15.4. The van der Waals surface area contributed by atoms with Gasteiger partial charge in [-0.05, 0) is 123 Å². The van der Waals surface area contributed by atoms with Gasteiger partial charge in [0.25, 0.3) is 0 Å². The number of aliphatic imine (C=N–C) groups is 1. The number of allylic oxidation sites excluding steroid dienone is 3. The Morgan fingerprint density at radius 1 is 0.509 bits per heavy atom. The van der Waals surface area contributed by atoms with E-state index in [0.29, 0.717) is 0 Å². The van der Waals surface area contributed by atoms with Gasteiger partial charge in [0.15, 0.2) is 0 Å². The minimum absolute atomic E-state index is 0.184. The first kappa shape index (κ1) is 34.7. The van der Waals surface area contributed by atoms with Crippen LogP contribution < -0.4 is 0 Å². The van der Waals surface area contributed by atoms with Crippen LogP contribution >= 0.6 is 0 Å². The summed E-state index contributed by atoms with van der Waals surface area (Å²) in [6.45, 7) is 4.62. The molecule has 2 nitrogen and oxygen atoms in total. The van der Waals surface area contributed by atoms with Gasteiger partial charge in [-0.15, -0.1) is 0 Å². The normalized spacial score (nSPS) is 16.0. The van der Waals surface area contributed by atoms with Crippen molar-refractivity contribution in [1.82, 2.24) is 0 Å². The number of hydrogen-bond donors (Lipinski definition) is 0. The lowest BCUT2D eigenvalue weighted by Gasteiger charge is -2.20. The highest BCUT2D eigenvalue weighted by Gasteiger charge is 2.22. The number of benzene rings is 8. The van der Waals surface area contributed by atoms with Gasteiger partial charge < -0.3 is 4.42 Å². The molecule has 9 aromatic rings. The molecule has 2 heteroatoms. The summed E-state index contributed by atoms with van der Waals surface area (Å²) in [5.74, 6) is 0.184. The summed E-state index contributed by atoms with van der Waals surface area (Å²) in [6, 6.07) is 63.5. The van der Waals surface area contributed by atoms with Gasteiger partial charge in [-0.25, -0.2) is 0 Å². The quantitative estimate of drug-likeness (QED) is 0.167. The van der Waals surface area contributed by atoms with Crippen molar-refractivity contribution < 1.29 is 4.42 Å². The SMILES string of the molecule is CCC1/C=C(/c2cccc3oc4cc(-c5ccc6ccccc6c5)ccc4c23)N=C(c2ccc3ccc(-c4ccccc4)cc3c2)CCC(C)=C1c1ccccc1. The van der Waals surface area contributed by atoms with E-state index in [4.69, 9.17) is 9.41 Å². The Morgan fingerprint density at radius 3 is 1.89 bits per heavy atom. The highest BCUT2D eigenvalue weighted by atomic mass is 16.3. The fourth-order valence-electron chi connectivity index (χ4n) is 8.85. The molecule has 10 rings (SSSR count). The van der Waals surface area contributed by atoms with Gasteiger partial charge in [-0.2, -0.15) is 0 Å². The summed E-state index contributed by atoms with van der Waals surface area (Å²) in [7, 11) is 0. The average Bonchev–Trinajstić information content (AvgIpc) is 3.67. The Morgan fingerprint density at radius 2 is 1.12 bits per heavy atom. The molecule has 1 aliphatic rings. The topological polar surface area (TPSA) is 25.5 Å². The molecule has 0 saturated carbocycles. The van der Waals surface area contributed by atoms with E-state index in [1.165, 1.54) is 54.9 Å². The molecular weight excluding hydrogens is 691 g/mol. The molecular formula is C55H43NO. The van der Waals surface area contributed by atoms with Crippen molar-refractivity contribution in [3.8, 4) is 22.3 Å². The molecule has 8 aromatic carbocycles. The van der Waals surface area contributed by atoms with Crippen LogP contribution in [0.25, 0.3) is 77.0 Å². The standard InChI is InChI=1S/C55H43NO/c1-3-37-34-51(48-19-12-20-52-55(48)49-29-28-45(35-53(49)57-52)44-26-22-39-15-10-11-18-42(39)31-44)56-50(30-21-36(2)54(37)41-16-8-5-9-17-41)46-27-24-40-23-25-43(32-47(40)33-46)38-13-6-4-7-14-38/h4-20,22-29,31-35,37H,3,21,30H2,1-2H3/b51-34-,54-36?,56-50?. The first-order valence-corrected chi connectivity index (χ1v) is 20.2. The third kappa shape index (κ3) is 6.58. The zero-order valence-electron chi connectivity index (χ0n) is 32.4. The average molecular weight is 734 g/mol. The van der Waals surface area contributed by atoms with Crippen LogP contribution in [0.3, 0.4) is 0 Å². The molecule has 1 unspecified atom stereocenters. The third-order valence-electron chi connectivity index (χ3n) is 11.8. The molecule has 0 bridgehead atoms. The van der Waals surface area contributed by atoms with Crippen LogP contribution in [-0.2, 0) is 0 Å². The van der Waals surface area contributed by atoms with Crippen LogP contribution in [0, 0.1) is 5.92 Å². The first-order valence-electron chi connectivity index (χ1n) is 20.2. The van der Waals surface area contributed by atoms with Crippen molar-refractivity contribution in [3.05, 3.63) is 204 Å². The van der Waals surface area contributed by atoms with Gasteiger partial charge in [0, 0.05) is 28.0 Å². The van der Waals surface area contributed by atoms with Gasteiger partial charge >= 0.3 is 0 Å². The van der Waals surface area contributed by atoms with E-state index in [1.54, 1.807) is 0 Å². The van der Waals surface area contributed by atoms with Crippen molar-refractivity contribution in [2.45, 2.75) is 33.1 Å². The number of nitrogens with zero attached hydrogens (tertiary/aromatic N) is 1. The fraction of sp³-hybridized carbons (Fsp3) is 0.109. The van der Waals surface area contributed by atoms with Crippen LogP contribution in [0.1, 0.15) is 49.8 Å². The Kier molecular flexibility index (Phi) is 8.96. The van der Waals surface area contributed by atoms with E-state index in [0.717, 1.165) is 69.3 Å². The van der Waals surface area contributed by atoms with Crippen LogP contribution in [0.4, 0.5) is 0 Å². The molecule has 0 fully saturated rings. The van der Waals surface area contributed by atoms with Gasteiger partial charge in [0.1, 0.15) is 11.2 Å². The molecule has 0 spiro atoms. The van der Waals surface area contributed by atoms with Crippen LogP contribution in [-0.4, -0.2) is 5.71 Å². The van der Waals surface area contributed by atoms with E-state index in [2.05, 4.69) is 196 Å².